The van der Waals surface area contributed by atoms with Crippen molar-refractivity contribution in [1.29, 1.82) is 0 Å². The highest BCUT2D eigenvalue weighted by Gasteiger charge is 2.38. The van der Waals surface area contributed by atoms with Crippen molar-refractivity contribution in [3.63, 3.8) is 0 Å². The Kier molecular flexibility index (Phi) is 4.85. The Morgan fingerprint density at radius 1 is 1.36 bits per heavy atom. The van der Waals surface area contributed by atoms with Gasteiger partial charge in [-0.1, -0.05) is 20.3 Å². The first-order valence-corrected chi connectivity index (χ1v) is 5.70. The van der Waals surface area contributed by atoms with E-state index in [1.165, 1.54) is 12.8 Å². The predicted molar refractivity (Wildman–Crippen MR) is 57.3 cm³/mol. The zero-order valence-electron chi connectivity index (χ0n) is 9.49. The Morgan fingerprint density at radius 2 is 2.07 bits per heavy atom. The molecule has 0 aromatic rings. The van der Waals surface area contributed by atoms with E-state index in [2.05, 4.69) is 26.1 Å². The molecule has 1 fully saturated rings. The van der Waals surface area contributed by atoms with E-state index < -0.39 is 0 Å². The van der Waals surface area contributed by atoms with Crippen LogP contribution in [0, 0.1) is 5.92 Å². The fourth-order valence-electron chi connectivity index (χ4n) is 2.03. The lowest BCUT2D eigenvalue weighted by Gasteiger charge is -2.21. The van der Waals surface area contributed by atoms with Gasteiger partial charge in [0, 0.05) is 6.04 Å². The summed E-state index contributed by atoms with van der Waals surface area (Å²) in [5, 5.41) is 12.6. The van der Waals surface area contributed by atoms with E-state index in [1.807, 2.05) is 0 Å². The van der Waals surface area contributed by atoms with E-state index in [1.54, 1.807) is 0 Å². The standard InChI is InChI=1S/C11H23NO2/c1-4-5-6-12-11-8(2)9(3)14-10(11)7-13/h8-13H,4-7H2,1-3H3. The number of nitrogens with one attached hydrogen (secondary N) is 1. The number of hydrogen-bond donors (Lipinski definition) is 2. The van der Waals surface area contributed by atoms with E-state index in [0.29, 0.717) is 12.0 Å². The molecule has 3 heteroatoms. The van der Waals surface area contributed by atoms with Crippen LogP contribution in [-0.4, -0.2) is 36.5 Å². The van der Waals surface area contributed by atoms with Gasteiger partial charge in [-0.3, -0.25) is 0 Å². The summed E-state index contributed by atoms with van der Waals surface area (Å²) in [6, 6.07) is 0.321. The summed E-state index contributed by atoms with van der Waals surface area (Å²) in [5.74, 6) is 0.490. The van der Waals surface area contributed by atoms with Gasteiger partial charge in [0.2, 0.25) is 0 Å². The topological polar surface area (TPSA) is 41.5 Å². The van der Waals surface area contributed by atoms with Crippen LogP contribution >= 0.6 is 0 Å². The molecule has 4 atom stereocenters. The van der Waals surface area contributed by atoms with E-state index in [0.717, 1.165) is 6.54 Å². The van der Waals surface area contributed by atoms with E-state index >= 15 is 0 Å². The Bertz CT molecular complexity index is 163. The van der Waals surface area contributed by atoms with Crippen LogP contribution in [-0.2, 0) is 4.74 Å². The van der Waals surface area contributed by atoms with Crippen molar-refractivity contribution in [3.8, 4) is 0 Å². The van der Waals surface area contributed by atoms with Gasteiger partial charge < -0.3 is 15.2 Å². The molecule has 1 rings (SSSR count). The van der Waals surface area contributed by atoms with Crippen LogP contribution < -0.4 is 5.32 Å². The Hall–Kier alpha value is -0.120. The van der Waals surface area contributed by atoms with Crippen LogP contribution in [0.3, 0.4) is 0 Å². The largest absolute Gasteiger partial charge is 0.394 e. The van der Waals surface area contributed by atoms with Crippen molar-refractivity contribution in [3.05, 3.63) is 0 Å². The highest BCUT2D eigenvalue weighted by Crippen LogP contribution is 2.26. The van der Waals surface area contributed by atoms with Gasteiger partial charge >= 0.3 is 0 Å². The van der Waals surface area contributed by atoms with Gasteiger partial charge in [0.05, 0.1) is 18.8 Å². The first-order chi connectivity index (χ1) is 6.70. The predicted octanol–water partition coefficient (Wildman–Crippen LogP) is 1.16. The highest BCUT2D eigenvalue weighted by molar-refractivity contribution is 4.91. The monoisotopic (exact) mass is 201 g/mol. The zero-order chi connectivity index (χ0) is 10.6. The fraction of sp³-hybridized carbons (Fsp3) is 1.00. The molecular weight excluding hydrogens is 178 g/mol. The summed E-state index contributed by atoms with van der Waals surface area (Å²) in [6.45, 7) is 7.59. The van der Waals surface area contributed by atoms with Crippen LogP contribution in [0.25, 0.3) is 0 Å². The number of aliphatic hydroxyl groups is 1. The molecule has 0 aliphatic carbocycles. The summed E-state index contributed by atoms with van der Waals surface area (Å²) >= 11 is 0. The molecule has 1 heterocycles. The number of ether oxygens (including phenoxy) is 1. The normalized spacial score (nSPS) is 37.7. The van der Waals surface area contributed by atoms with Gasteiger partial charge in [-0.25, -0.2) is 0 Å². The van der Waals surface area contributed by atoms with Crippen molar-refractivity contribution < 1.29 is 9.84 Å². The third-order valence-corrected chi connectivity index (χ3v) is 3.19. The van der Waals surface area contributed by atoms with Gasteiger partial charge in [0.15, 0.2) is 0 Å². The van der Waals surface area contributed by atoms with Crippen molar-refractivity contribution in [2.75, 3.05) is 13.2 Å². The van der Waals surface area contributed by atoms with Gasteiger partial charge in [0.1, 0.15) is 0 Å². The van der Waals surface area contributed by atoms with E-state index in [4.69, 9.17) is 9.84 Å². The van der Waals surface area contributed by atoms with Gasteiger partial charge in [0.25, 0.3) is 0 Å². The molecule has 3 nitrogen and oxygen atoms in total. The smallest absolute Gasteiger partial charge is 0.0965 e. The number of rotatable bonds is 5. The second kappa shape index (κ2) is 5.69. The van der Waals surface area contributed by atoms with Gasteiger partial charge in [-0.2, -0.15) is 0 Å². The highest BCUT2D eigenvalue weighted by atomic mass is 16.5. The molecule has 0 amide bonds. The Labute approximate surface area is 86.8 Å². The lowest BCUT2D eigenvalue weighted by Crippen LogP contribution is -2.42. The molecule has 0 bridgehead atoms. The summed E-state index contributed by atoms with van der Waals surface area (Å²) < 4.78 is 5.65. The van der Waals surface area contributed by atoms with Crippen LogP contribution in [0.1, 0.15) is 33.6 Å². The number of aliphatic hydroxyl groups excluding tert-OH is 1. The number of hydrogen-bond acceptors (Lipinski definition) is 3. The average Bonchev–Trinajstić information content (AvgIpc) is 2.45. The minimum atomic E-state index is -0.0168. The molecular formula is C11H23NO2. The molecule has 0 aromatic heterocycles. The van der Waals surface area contributed by atoms with Gasteiger partial charge in [-0.05, 0) is 25.8 Å². The summed E-state index contributed by atoms with van der Waals surface area (Å²) in [7, 11) is 0. The van der Waals surface area contributed by atoms with Crippen molar-refractivity contribution in [1.82, 2.24) is 5.32 Å². The minimum absolute atomic E-state index is 0.0168. The third kappa shape index (κ3) is 2.69. The maximum absolute atomic E-state index is 9.16. The molecule has 1 aliphatic rings. The summed E-state index contributed by atoms with van der Waals surface area (Å²) in [6.07, 6.45) is 2.63. The molecule has 0 aromatic carbocycles. The van der Waals surface area contributed by atoms with Crippen molar-refractivity contribution >= 4 is 0 Å². The fourth-order valence-corrected chi connectivity index (χ4v) is 2.03. The minimum Gasteiger partial charge on any atom is -0.394 e. The summed E-state index contributed by atoms with van der Waals surface area (Å²) in [4.78, 5) is 0. The van der Waals surface area contributed by atoms with Crippen LogP contribution in [0.5, 0.6) is 0 Å². The van der Waals surface area contributed by atoms with Crippen LogP contribution in [0.2, 0.25) is 0 Å². The molecule has 1 aliphatic heterocycles. The molecule has 0 radical (unpaired) electrons. The van der Waals surface area contributed by atoms with Crippen molar-refractivity contribution in [2.45, 2.75) is 51.9 Å². The molecule has 2 N–H and O–H groups in total. The molecule has 14 heavy (non-hydrogen) atoms. The maximum atomic E-state index is 9.16. The van der Waals surface area contributed by atoms with E-state index in [9.17, 15) is 0 Å². The first-order valence-electron chi connectivity index (χ1n) is 5.70. The second-order valence-electron chi connectivity index (χ2n) is 4.25. The van der Waals surface area contributed by atoms with Crippen LogP contribution in [0.4, 0.5) is 0 Å². The average molecular weight is 201 g/mol. The Morgan fingerprint density at radius 3 is 2.64 bits per heavy atom. The summed E-state index contributed by atoms with van der Waals surface area (Å²) in [5.41, 5.74) is 0. The zero-order valence-corrected chi connectivity index (χ0v) is 9.49. The molecule has 4 unspecified atom stereocenters. The molecule has 84 valence electrons. The van der Waals surface area contributed by atoms with Gasteiger partial charge in [-0.15, -0.1) is 0 Å². The number of unbranched alkanes of at least 4 members (excludes halogenated alkanes) is 1. The van der Waals surface area contributed by atoms with Crippen molar-refractivity contribution in [2.24, 2.45) is 5.92 Å². The maximum Gasteiger partial charge on any atom is 0.0965 e. The molecule has 0 spiro atoms. The molecule has 1 saturated heterocycles. The molecule has 0 saturated carbocycles. The lowest BCUT2D eigenvalue weighted by atomic mass is 9.96. The second-order valence-corrected chi connectivity index (χ2v) is 4.25. The first kappa shape index (κ1) is 12.0. The SMILES string of the molecule is CCCCNC1C(CO)OC(C)C1C. The van der Waals surface area contributed by atoms with E-state index in [-0.39, 0.29) is 18.8 Å². The lowest BCUT2D eigenvalue weighted by molar-refractivity contribution is 0.00931. The third-order valence-electron chi connectivity index (χ3n) is 3.19. The Balaban J connectivity index is 2.38. The quantitative estimate of drug-likeness (QED) is 0.656. The van der Waals surface area contributed by atoms with Crippen LogP contribution in [0.15, 0.2) is 0 Å².